The first-order valence-electron chi connectivity index (χ1n) is 8.98. The molecule has 0 saturated heterocycles. The van der Waals surface area contributed by atoms with Crippen molar-refractivity contribution in [1.29, 1.82) is 0 Å². The van der Waals surface area contributed by atoms with Gasteiger partial charge < -0.3 is 15.8 Å². The highest BCUT2D eigenvalue weighted by Gasteiger charge is 2.10. The number of aryl methyl sites for hydroxylation is 1. The van der Waals surface area contributed by atoms with Gasteiger partial charge in [-0.15, -0.1) is 0 Å². The molecule has 0 saturated carbocycles. The Morgan fingerprint density at radius 3 is 2.81 bits per heavy atom. The fourth-order valence-electron chi connectivity index (χ4n) is 2.44. The molecule has 2 rings (SSSR count). The van der Waals surface area contributed by atoms with E-state index in [1.807, 2.05) is 31.2 Å². The van der Waals surface area contributed by atoms with Gasteiger partial charge >= 0.3 is 0 Å². The summed E-state index contributed by atoms with van der Waals surface area (Å²) < 4.78 is 5.76. The van der Waals surface area contributed by atoms with E-state index in [9.17, 15) is 4.79 Å². The van der Waals surface area contributed by atoms with E-state index in [2.05, 4.69) is 29.4 Å². The van der Waals surface area contributed by atoms with Gasteiger partial charge in [-0.3, -0.25) is 4.79 Å². The van der Waals surface area contributed by atoms with Gasteiger partial charge in [-0.2, -0.15) is 0 Å². The van der Waals surface area contributed by atoms with Crippen molar-refractivity contribution in [3.05, 3.63) is 65.4 Å². The molecule has 0 bridgehead atoms. The molecule has 5 nitrogen and oxygen atoms in total. The lowest BCUT2D eigenvalue weighted by Crippen LogP contribution is -2.24. The molecular weight excluding hydrogens is 326 g/mol. The van der Waals surface area contributed by atoms with E-state index >= 15 is 0 Å². The Labute approximate surface area is 155 Å². The Morgan fingerprint density at radius 2 is 2.04 bits per heavy atom. The molecule has 5 heteroatoms. The van der Waals surface area contributed by atoms with Crippen molar-refractivity contribution in [2.45, 2.75) is 39.7 Å². The summed E-state index contributed by atoms with van der Waals surface area (Å²) in [5.74, 6) is 0.815. The molecule has 0 aliphatic carbocycles. The van der Waals surface area contributed by atoms with Crippen LogP contribution in [0.15, 0.2) is 48.6 Å². The summed E-state index contributed by atoms with van der Waals surface area (Å²) in [6, 6.07) is 11.2. The van der Waals surface area contributed by atoms with Crippen LogP contribution in [0.1, 0.15) is 47.8 Å². The monoisotopic (exact) mass is 353 g/mol. The van der Waals surface area contributed by atoms with Crippen LogP contribution >= 0.6 is 0 Å². The maximum atomic E-state index is 12.3. The number of hydrogen-bond acceptors (Lipinski definition) is 4. The number of allylic oxidation sites excluding steroid dienone is 1. The molecule has 3 N–H and O–H groups in total. The molecule has 1 aromatic carbocycles. The first kappa shape index (κ1) is 19.5. The summed E-state index contributed by atoms with van der Waals surface area (Å²) >= 11 is 0. The third kappa shape index (κ3) is 6.24. The quantitative estimate of drug-likeness (QED) is 0.527. The van der Waals surface area contributed by atoms with Crippen molar-refractivity contribution in [3.63, 3.8) is 0 Å². The van der Waals surface area contributed by atoms with E-state index in [1.54, 1.807) is 12.1 Å². The summed E-state index contributed by atoms with van der Waals surface area (Å²) in [7, 11) is 0. The van der Waals surface area contributed by atoms with Crippen LogP contribution in [0, 0.1) is 6.92 Å². The summed E-state index contributed by atoms with van der Waals surface area (Å²) in [5, 5.41) is 2.87. The van der Waals surface area contributed by atoms with E-state index in [4.69, 9.17) is 10.5 Å². The average molecular weight is 353 g/mol. The number of pyridine rings is 1. The van der Waals surface area contributed by atoms with Gasteiger partial charge in [0.15, 0.2) is 0 Å². The third-order valence-electron chi connectivity index (χ3n) is 3.84. The smallest absolute Gasteiger partial charge is 0.255 e. The minimum absolute atomic E-state index is 0.234. The van der Waals surface area contributed by atoms with Crippen molar-refractivity contribution >= 4 is 11.7 Å². The molecule has 0 unspecified atom stereocenters. The fourth-order valence-corrected chi connectivity index (χ4v) is 2.44. The van der Waals surface area contributed by atoms with Gasteiger partial charge in [-0.05, 0) is 49.6 Å². The van der Waals surface area contributed by atoms with Gasteiger partial charge in [0, 0.05) is 12.2 Å². The highest BCUT2D eigenvalue weighted by atomic mass is 16.5. The Hall–Kier alpha value is -2.82. The van der Waals surface area contributed by atoms with E-state index in [1.165, 1.54) is 0 Å². The SMILES string of the molecule is CCCC=CCCOc1cccc(CNC(=O)c2ccc(C)nc2N)c1. The Bertz CT molecular complexity index is 757. The normalized spacial score (nSPS) is 10.8. The zero-order chi connectivity index (χ0) is 18.8. The molecule has 1 heterocycles. The number of nitrogens with two attached hydrogens (primary N) is 1. The molecule has 0 aliphatic rings. The van der Waals surface area contributed by atoms with E-state index in [-0.39, 0.29) is 11.7 Å². The van der Waals surface area contributed by atoms with Crippen LogP contribution in [-0.2, 0) is 6.54 Å². The third-order valence-corrected chi connectivity index (χ3v) is 3.84. The number of anilines is 1. The molecule has 1 amide bonds. The lowest BCUT2D eigenvalue weighted by molar-refractivity contribution is 0.0951. The van der Waals surface area contributed by atoms with Crippen molar-refractivity contribution in [1.82, 2.24) is 10.3 Å². The van der Waals surface area contributed by atoms with E-state index in [0.29, 0.717) is 18.7 Å². The van der Waals surface area contributed by atoms with Crippen LogP contribution in [0.4, 0.5) is 5.82 Å². The fraction of sp³-hybridized carbons (Fsp3) is 0.333. The number of carbonyl (C=O) groups excluding carboxylic acids is 1. The number of benzene rings is 1. The van der Waals surface area contributed by atoms with Crippen molar-refractivity contribution in [2.75, 3.05) is 12.3 Å². The summed E-state index contributed by atoms with van der Waals surface area (Å²) in [5.41, 5.74) is 7.96. The Kier molecular flexibility index (Phi) is 7.68. The Balaban J connectivity index is 1.85. The predicted molar refractivity (Wildman–Crippen MR) is 105 cm³/mol. The second-order valence-corrected chi connectivity index (χ2v) is 6.11. The van der Waals surface area contributed by atoms with Crippen LogP contribution in [0.3, 0.4) is 0 Å². The second kappa shape index (κ2) is 10.2. The van der Waals surface area contributed by atoms with Crippen LogP contribution < -0.4 is 15.8 Å². The zero-order valence-corrected chi connectivity index (χ0v) is 15.5. The van der Waals surface area contributed by atoms with Gasteiger partial charge in [0.1, 0.15) is 11.6 Å². The number of carbonyl (C=O) groups is 1. The van der Waals surface area contributed by atoms with Gasteiger partial charge in [0.05, 0.1) is 12.2 Å². The highest BCUT2D eigenvalue weighted by molar-refractivity contribution is 5.98. The number of nitrogens with zero attached hydrogens (tertiary/aromatic N) is 1. The number of nitrogens with one attached hydrogen (secondary N) is 1. The van der Waals surface area contributed by atoms with Gasteiger partial charge in [0.25, 0.3) is 5.91 Å². The number of aromatic nitrogens is 1. The maximum Gasteiger partial charge on any atom is 0.255 e. The first-order valence-corrected chi connectivity index (χ1v) is 8.98. The summed E-state index contributed by atoms with van der Waals surface area (Å²) in [6.07, 6.45) is 7.49. The minimum atomic E-state index is -0.234. The van der Waals surface area contributed by atoms with Crippen LogP contribution in [0.2, 0.25) is 0 Å². The van der Waals surface area contributed by atoms with E-state index < -0.39 is 0 Å². The molecule has 0 aliphatic heterocycles. The van der Waals surface area contributed by atoms with Gasteiger partial charge in [-0.1, -0.05) is 37.6 Å². The topological polar surface area (TPSA) is 77.2 Å². The number of hydrogen-bond donors (Lipinski definition) is 2. The molecule has 2 aromatic rings. The molecule has 0 atom stereocenters. The van der Waals surface area contributed by atoms with Gasteiger partial charge in [-0.25, -0.2) is 4.98 Å². The molecule has 0 spiro atoms. The number of nitrogen functional groups attached to an aromatic ring is 1. The lowest BCUT2D eigenvalue weighted by Gasteiger charge is -2.09. The van der Waals surface area contributed by atoms with Crippen LogP contribution in [0.25, 0.3) is 0 Å². The number of rotatable bonds is 9. The minimum Gasteiger partial charge on any atom is -0.493 e. The van der Waals surface area contributed by atoms with Crippen molar-refractivity contribution in [2.24, 2.45) is 0 Å². The van der Waals surface area contributed by atoms with Crippen LogP contribution in [0.5, 0.6) is 5.75 Å². The maximum absolute atomic E-state index is 12.3. The largest absolute Gasteiger partial charge is 0.493 e. The van der Waals surface area contributed by atoms with Crippen molar-refractivity contribution < 1.29 is 9.53 Å². The molecular formula is C21H27N3O2. The Morgan fingerprint density at radius 1 is 1.23 bits per heavy atom. The molecule has 0 radical (unpaired) electrons. The van der Waals surface area contributed by atoms with E-state index in [0.717, 1.165) is 36.3 Å². The number of unbranched alkanes of at least 4 members (excludes halogenated alkanes) is 1. The predicted octanol–water partition coefficient (Wildman–Crippen LogP) is 4.03. The molecule has 26 heavy (non-hydrogen) atoms. The second-order valence-electron chi connectivity index (χ2n) is 6.11. The zero-order valence-electron chi connectivity index (χ0n) is 15.5. The molecule has 1 aromatic heterocycles. The van der Waals surface area contributed by atoms with Gasteiger partial charge in [0.2, 0.25) is 0 Å². The lowest BCUT2D eigenvalue weighted by atomic mass is 10.2. The molecule has 138 valence electrons. The first-order chi connectivity index (χ1) is 12.6. The standard InChI is InChI=1S/C21H27N3O2/c1-3-4-5-6-7-13-26-18-10-8-9-17(14-18)15-23-21(25)19-12-11-16(2)24-20(19)22/h5-6,8-12,14H,3-4,7,13,15H2,1-2H3,(H2,22,24)(H,23,25). The average Bonchev–Trinajstić information content (AvgIpc) is 2.63. The summed E-state index contributed by atoms with van der Waals surface area (Å²) in [6.45, 7) is 5.04. The summed E-state index contributed by atoms with van der Waals surface area (Å²) in [4.78, 5) is 16.4. The molecule has 0 fully saturated rings. The van der Waals surface area contributed by atoms with Crippen molar-refractivity contribution in [3.8, 4) is 5.75 Å². The number of ether oxygens (including phenoxy) is 1. The van der Waals surface area contributed by atoms with Crippen LogP contribution in [-0.4, -0.2) is 17.5 Å². The highest BCUT2D eigenvalue weighted by Crippen LogP contribution is 2.14. The number of amides is 1.